The van der Waals surface area contributed by atoms with E-state index in [1.54, 1.807) is 6.92 Å². The lowest BCUT2D eigenvalue weighted by Gasteiger charge is -2.16. The third-order valence-corrected chi connectivity index (χ3v) is 5.23. The van der Waals surface area contributed by atoms with Crippen molar-refractivity contribution in [3.8, 4) is 6.07 Å². The van der Waals surface area contributed by atoms with Crippen molar-refractivity contribution in [1.82, 2.24) is 20.1 Å². The number of aliphatic imine (C=N–C) groups is 2. The number of hydrogen-bond acceptors (Lipinski definition) is 5. The van der Waals surface area contributed by atoms with Crippen molar-refractivity contribution in [2.45, 2.75) is 38.0 Å². The zero-order valence-corrected chi connectivity index (χ0v) is 17.9. The van der Waals surface area contributed by atoms with Crippen LogP contribution in [0.5, 0.6) is 0 Å². The molecule has 0 aliphatic heterocycles. The molecule has 12 heteroatoms. The Morgan fingerprint density at radius 3 is 2.71 bits per heavy atom. The second-order valence-electron chi connectivity index (χ2n) is 7.73. The number of nitriles is 1. The van der Waals surface area contributed by atoms with Gasteiger partial charge in [0.05, 0.1) is 46.8 Å². The molecule has 0 saturated heterocycles. The first-order chi connectivity index (χ1) is 16.2. The van der Waals surface area contributed by atoms with Crippen LogP contribution in [0.2, 0.25) is 0 Å². The van der Waals surface area contributed by atoms with Gasteiger partial charge < -0.3 is 11.1 Å². The van der Waals surface area contributed by atoms with E-state index in [0.29, 0.717) is 10.9 Å². The maximum absolute atomic E-state index is 13.6. The fraction of sp³-hybridized carbons (Fsp3) is 0.273. The second kappa shape index (κ2) is 8.93. The normalized spacial score (nSPS) is 15.4. The average molecular weight is 468 g/mol. The highest BCUT2D eigenvalue weighted by atomic mass is 19.4. The number of amides is 1. The highest BCUT2D eigenvalue weighted by Crippen LogP contribution is 2.39. The van der Waals surface area contributed by atoms with Crippen LogP contribution in [0.4, 0.5) is 19.0 Å². The summed E-state index contributed by atoms with van der Waals surface area (Å²) in [6, 6.07) is 5.98. The van der Waals surface area contributed by atoms with Crippen molar-refractivity contribution in [2.24, 2.45) is 15.7 Å². The fourth-order valence-corrected chi connectivity index (χ4v) is 3.40. The molecule has 2 aromatic heterocycles. The van der Waals surface area contributed by atoms with Gasteiger partial charge in [-0.2, -0.15) is 23.5 Å². The maximum Gasteiger partial charge on any atom is 0.416 e. The highest BCUT2D eigenvalue weighted by molar-refractivity contribution is 6.08. The van der Waals surface area contributed by atoms with E-state index in [9.17, 15) is 18.0 Å². The molecule has 4 rings (SSSR count). The summed E-state index contributed by atoms with van der Waals surface area (Å²) in [4.78, 5) is 25.3. The van der Waals surface area contributed by atoms with Crippen molar-refractivity contribution >= 4 is 34.8 Å². The highest BCUT2D eigenvalue weighted by Gasteiger charge is 2.34. The lowest BCUT2D eigenvalue weighted by molar-refractivity contribution is -0.137. The summed E-state index contributed by atoms with van der Waals surface area (Å²) in [6.45, 7) is 1.56. The molecule has 3 aromatic rings. The summed E-state index contributed by atoms with van der Waals surface area (Å²) < 4.78 is 42.2. The zero-order chi connectivity index (χ0) is 24.5. The molecule has 1 aromatic carbocycles. The van der Waals surface area contributed by atoms with E-state index in [4.69, 9.17) is 11.0 Å². The minimum Gasteiger partial charge on any atom is -0.390 e. The number of aromatic nitrogens is 3. The van der Waals surface area contributed by atoms with E-state index >= 15 is 0 Å². The van der Waals surface area contributed by atoms with Crippen molar-refractivity contribution in [1.29, 1.82) is 5.26 Å². The largest absolute Gasteiger partial charge is 0.416 e. The molecule has 1 saturated carbocycles. The minimum atomic E-state index is -4.63. The number of carbonyl (C=O) groups excluding carboxylic acids is 1. The molecule has 1 amide bonds. The summed E-state index contributed by atoms with van der Waals surface area (Å²) in [5, 5.41) is 16.0. The van der Waals surface area contributed by atoms with E-state index in [1.165, 1.54) is 29.2 Å². The summed E-state index contributed by atoms with van der Waals surface area (Å²) in [5.41, 5.74) is 4.90. The van der Waals surface area contributed by atoms with E-state index in [1.807, 2.05) is 6.07 Å². The predicted octanol–water partition coefficient (Wildman–Crippen LogP) is 3.49. The number of amidine groups is 1. The monoisotopic (exact) mass is 468 g/mol. The van der Waals surface area contributed by atoms with Gasteiger partial charge in [-0.15, -0.1) is 0 Å². The number of nitrogens with two attached hydrogens (primary N) is 1. The second-order valence-corrected chi connectivity index (χ2v) is 7.73. The van der Waals surface area contributed by atoms with Gasteiger partial charge in [0, 0.05) is 11.6 Å². The third-order valence-electron chi connectivity index (χ3n) is 5.23. The smallest absolute Gasteiger partial charge is 0.390 e. The Morgan fingerprint density at radius 2 is 2.12 bits per heavy atom. The first-order valence-corrected chi connectivity index (χ1v) is 10.3. The van der Waals surface area contributed by atoms with Gasteiger partial charge in [0.15, 0.2) is 11.7 Å². The van der Waals surface area contributed by atoms with E-state index in [-0.39, 0.29) is 28.8 Å². The van der Waals surface area contributed by atoms with E-state index in [2.05, 4.69) is 25.4 Å². The number of hydrogen-bond donors (Lipinski definition) is 2. The SMILES string of the molecule is C[C@H](NC(=O)c1cc(C(F)(F)F)cc2c1cnn2C1CC1)C(N=CN)=Nc1ccc(C#N)cn1. The standard InChI is InChI=1S/C22H19F3N8O/c1-12(20(29-11-27)32-19-5-2-13(8-26)9-28-19)31-21(34)16-6-14(22(23,24)25)7-18-17(16)10-30-33(18)15-3-4-15/h2,5-7,9-12,15H,3-4H2,1H3,(H,31,34)(H2,27,28,29,32)/t12-/m0/s1. The molecular weight excluding hydrogens is 449 g/mol. The van der Waals surface area contributed by atoms with Gasteiger partial charge in [-0.25, -0.2) is 15.0 Å². The number of fused-ring (bicyclic) bond motifs is 1. The Morgan fingerprint density at radius 1 is 1.35 bits per heavy atom. The van der Waals surface area contributed by atoms with Crippen molar-refractivity contribution in [3.63, 3.8) is 0 Å². The van der Waals surface area contributed by atoms with Gasteiger partial charge in [0.1, 0.15) is 6.07 Å². The minimum absolute atomic E-state index is 0.0355. The van der Waals surface area contributed by atoms with Gasteiger partial charge >= 0.3 is 6.18 Å². The van der Waals surface area contributed by atoms with Crippen LogP contribution in [0.1, 0.15) is 47.3 Å². The van der Waals surface area contributed by atoms with Gasteiger partial charge in [-0.05, 0) is 44.0 Å². The number of pyridine rings is 1. The van der Waals surface area contributed by atoms with Gasteiger partial charge in [0.2, 0.25) is 0 Å². The topological polar surface area (TPSA) is 134 Å². The van der Waals surface area contributed by atoms with Crippen LogP contribution in [-0.4, -0.2) is 38.9 Å². The Hall–Kier alpha value is -4.27. The molecule has 9 nitrogen and oxygen atoms in total. The van der Waals surface area contributed by atoms with Crippen LogP contribution >= 0.6 is 0 Å². The van der Waals surface area contributed by atoms with Crippen LogP contribution in [0, 0.1) is 11.3 Å². The van der Waals surface area contributed by atoms with Crippen LogP contribution in [-0.2, 0) is 6.18 Å². The van der Waals surface area contributed by atoms with Crippen LogP contribution < -0.4 is 11.1 Å². The van der Waals surface area contributed by atoms with Crippen LogP contribution in [0.25, 0.3) is 10.9 Å². The molecule has 1 aliphatic rings. The molecule has 0 radical (unpaired) electrons. The van der Waals surface area contributed by atoms with Gasteiger partial charge in [0.25, 0.3) is 5.91 Å². The Balaban J connectivity index is 1.67. The number of benzene rings is 1. The molecule has 1 fully saturated rings. The Bertz CT molecular complexity index is 1330. The third kappa shape index (κ3) is 4.73. The molecule has 0 unspecified atom stereocenters. The number of carbonyl (C=O) groups is 1. The van der Waals surface area contributed by atoms with Crippen LogP contribution in [0.3, 0.4) is 0 Å². The van der Waals surface area contributed by atoms with E-state index < -0.39 is 23.7 Å². The molecule has 0 spiro atoms. The lowest BCUT2D eigenvalue weighted by Crippen LogP contribution is -2.38. The number of nitrogens with one attached hydrogen (secondary N) is 1. The molecular formula is C22H19F3N8O. The first kappa shape index (κ1) is 22.9. The zero-order valence-electron chi connectivity index (χ0n) is 17.9. The maximum atomic E-state index is 13.6. The molecule has 174 valence electrons. The van der Waals surface area contributed by atoms with Crippen LogP contribution in [0.15, 0.2) is 46.6 Å². The molecule has 34 heavy (non-hydrogen) atoms. The predicted molar refractivity (Wildman–Crippen MR) is 119 cm³/mol. The van der Waals surface area contributed by atoms with Crippen molar-refractivity contribution in [2.75, 3.05) is 0 Å². The molecule has 1 atom stereocenters. The fourth-order valence-electron chi connectivity index (χ4n) is 3.40. The molecule has 3 N–H and O–H groups in total. The summed E-state index contributed by atoms with van der Waals surface area (Å²) >= 11 is 0. The lowest BCUT2D eigenvalue weighted by atomic mass is 10.0. The van der Waals surface area contributed by atoms with Crippen molar-refractivity contribution in [3.05, 3.63) is 53.3 Å². The molecule has 1 aliphatic carbocycles. The Kier molecular flexibility index (Phi) is 6.02. The molecule has 0 bridgehead atoms. The average Bonchev–Trinajstić information content (AvgIpc) is 3.56. The summed E-state index contributed by atoms with van der Waals surface area (Å²) in [6.07, 6.45) is 0.722. The number of nitrogens with zero attached hydrogens (tertiary/aromatic N) is 6. The Labute approximate surface area is 191 Å². The quantitative estimate of drug-likeness (QED) is 0.437. The van der Waals surface area contributed by atoms with E-state index in [0.717, 1.165) is 31.3 Å². The molecule has 2 heterocycles. The van der Waals surface area contributed by atoms with Gasteiger partial charge in [-0.1, -0.05) is 0 Å². The summed E-state index contributed by atoms with van der Waals surface area (Å²) in [7, 11) is 0. The number of rotatable bonds is 5. The first-order valence-electron chi connectivity index (χ1n) is 10.3. The number of halogens is 3. The number of alkyl halides is 3. The van der Waals surface area contributed by atoms with Gasteiger partial charge in [-0.3, -0.25) is 9.48 Å². The van der Waals surface area contributed by atoms with Crippen molar-refractivity contribution < 1.29 is 18.0 Å². The summed E-state index contributed by atoms with van der Waals surface area (Å²) in [5.74, 6) is -0.454.